The highest BCUT2D eigenvalue weighted by Crippen LogP contribution is 2.21. The van der Waals surface area contributed by atoms with E-state index in [-0.39, 0.29) is 30.7 Å². The van der Waals surface area contributed by atoms with Gasteiger partial charge in [-0.3, -0.25) is 9.78 Å². The second kappa shape index (κ2) is 9.73. The maximum absolute atomic E-state index is 11.9. The Balaban J connectivity index is 0.00000200. The highest BCUT2D eigenvalue weighted by molar-refractivity contribution is 7.08. The molecule has 0 aliphatic rings. The molecule has 116 valence electrons. The number of thiophene rings is 1. The number of aryl methyl sites for hydroxylation is 1. The molecule has 4 nitrogen and oxygen atoms in total. The van der Waals surface area contributed by atoms with E-state index in [1.54, 1.807) is 11.3 Å². The molecule has 7 heteroatoms. The fourth-order valence-corrected chi connectivity index (χ4v) is 2.42. The second-order valence-corrected chi connectivity index (χ2v) is 5.02. The molecular weight excluding hydrogens is 329 g/mol. The molecule has 0 aliphatic heterocycles. The van der Waals surface area contributed by atoms with Crippen LogP contribution in [0.2, 0.25) is 0 Å². The summed E-state index contributed by atoms with van der Waals surface area (Å²) in [5, 5.41) is 6.90. The van der Waals surface area contributed by atoms with Gasteiger partial charge in [0.1, 0.15) is 0 Å². The first kappa shape index (κ1) is 19.9. The van der Waals surface area contributed by atoms with Gasteiger partial charge in [0.2, 0.25) is 0 Å². The molecule has 2 aromatic heterocycles. The van der Waals surface area contributed by atoms with Gasteiger partial charge in [-0.05, 0) is 43.5 Å². The number of carbonyl (C=O) groups is 1. The SMILES string of the molecule is Cc1nc(-c2ccsc2)ccc1C(=O)NCCCN.Cl.Cl. The number of pyridine rings is 1. The highest BCUT2D eigenvalue weighted by Gasteiger charge is 2.10. The van der Waals surface area contributed by atoms with Crippen LogP contribution in [-0.4, -0.2) is 24.0 Å². The summed E-state index contributed by atoms with van der Waals surface area (Å²) in [7, 11) is 0. The van der Waals surface area contributed by atoms with E-state index in [9.17, 15) is 4.79 Å². The average molecular weight is 348 g/mol. The number of nitrogens with two attached hydrogens (primary N) is 1. The maximum Gasteiger partial charge on any atom is 0.253 e. The van der Waals surface area contributed by atoms with Gasteiger partial charge in [-0.2, -0.15) is 11.3 Å². The summed E-state index contributed by atoms with van der Waals surface area (Å²) < 4.78 is 0. The number of aromatic nitrogens is 1. The lowest BCUT2D eigenvalue weighted by atomic mass is 10.1. The van der Waals surface area contributed by atoms with E-state index in [1.807, 2.05) is 35.9 Å². The van der Waals surface area contributed by atoms with Crippen LogP contribution >= 0.6 is 36.2 Å². The van der Waals surface area contributed by atoms with Gasteiger partial charge in [0, 0.05) is 17.5 Å². The molecule has 2 aromatic rings. The van der Waals surface area contributed by atoms with Crippen molar-refractivity contribution in [2.24, 2.45) is 5.73 Å². The minimum atomic E-state index is -0.0877. The molecular formula is C14H19Cl2N3OS. The summed E-state index contributed by atoms with van der Waals surface area (Å²) >= 11 is 1.63. The lowest BCUT2D eigenvalue weighted by molar-refractivity contribution is 0.0952. The lowest BCUT2D eigenvalue weighted by Gasteiger charge is -2.08. The maximum atomic E-state index is 11.9. The first-order valence-electron chi connectivity index (χ1n) is 6.21. The van der Waals surface area contributed by atoms with Crippen LogP contribution in [0.3, 0.4) is 0 Å². The summed E-state index contributed by atoms with van der Waals surface area (Å²) in [4.78, 5) is 16.4. The van der Waals surface area contributed by atoms with Crippen LogP contribution < -0.4 is 11.1 Å². The summed E-state index contributed by atoms with van der Waals surface area (Å²) in [5.74, 6) is -0.0877. The standard InChI is InChI=1S/C14H17N3OS.2ClH/c1-10-12(14(18)16-7-2-6-15)3-4-13(17-10)11-5-8-19-9-11;;/h3-5,8-9H,2,6-7,15H2,1H3,(H,16,18);2*1H. The van der Waals surface area contributed by atoms with Crippen molar-refractivity contribution >= 4 is 42.1 Å². The number of halogens is 2. The third kappa shape index (κ3) is 5.28. The fourth-order valence-electron chi connectivity index (χ4n) is 1.77. The average Bonchev–Trinajstić information content (AvgIpc) is 2.92. The van der Waals surface area contributed by atoms with Gasteiger partial charge in [-0.25, -0.2) is 0 Å². The van der Waals surface area contributed by atoms with E-state index >= 15 is 0 Å². The van der Waals surface area contributed by atoms with Crippen LogP contribution in [0, 0.1) is 6.92 Å². The molecule has 2 rings (SSSR count). The molecule has 0 bridgehead atoms. The molecule has 0 radical (unpaired) electrons. The van der Waals surface area contributed by atoms with Crippen molar-refractivity contribution in [1.82, 2.24) is 10.3 Å². The fraction of sp³-hybridized carbons (Fsp3) is 0.286. The van der Waals surface area contributed by atoms with Crippen LogP contribution in [0.4, 0.5) is 0 Å². The van der Waals surface area contributed by atoms with Crippen LogP contribution in [0.5, 0.6) is 0 Å². The molecule has 3 N–H and O–H groups in total. The van der Waals surface area contributed by atoms with Gasteiger partial charge in [-0.15, -0.1) is 24.8 Å². The first-order chi connectivity index (χ1) is 9.22. The predicted octanol–water partition coefficient (Wildman–Crippen LogP) is 3.04. The van der Waals surface area contributed by atoms with E-state index in [0.717, 1.165) is 23.4 Å². The van der Waals surface area contributed by atoms with Gasteiger partial charge in [0.05, 0.1) is 17.0 Å². The summed E-state index contributed by atoms with van der Waals surface area (Å²) in [6.45, 7) is 3.03. The predicted molar refractivity (Wildman–Crippen MR) is 92.8 cm³/mol. The second-order valence-electron chi connectivity index (χ2n) is 4.24. The van der Waals surface area contributed by atoms with Crippen LogP contribution in [0.1, 0.15) is 22.5 Å². The zero-order valence-electron chi connectivity index (χ0n) is 11.7. The van der Waals surface area contributed by atoms with Gasteiger partial charge in [-0.1, -0.05) is 0 Å². The third-order valence-electron chi connectivity index (χ3n) is 2.81. The molecule has 2 heterocycles. The molecule has 0 aliphatic carbocycles. The lowest BCUT2D eigenvalue weighted by Crippen LogP contribution is -2.26. The Morgan fingerprint density at radius 3 is 2.67 bits per heavy atom. The molecule has 0 saturated heterocycles. The Kier molecular flexibility index (Phi) is 9.21. The van der Waals surface area contributed by atoms with Crippen molar-refractivity contribution in [3.05, 3.63) is 40.2 Å². The molecule has 0 unspecified atom stereocenters. The van der Waals surface area contributed by atoms with Crippen molar-refractivity contribution < 1.29 is 4.79 Å². The first-order valence-corrected chi connectivity index (χ1v) is 7.15. The molecule has 1 amide bonds. The normalized spacial score (nSPS) is 9.43. The highest BCUT2D eigenvalue weighted by atomic mass is 35.5. The van der Waals surface area contributed by atoms with E-state index in [4.69, 9.17) is 5.73 Å². The number of hydrogen-bond acceptors (Lipinski definition) is 4. The summed E-state index contributed by atoms with van der Waals surface area (Å²) in [6.07, 6.45) is 0.783. The minimum Gasteiger partial charge on any atom is -0.352 e. The number of amides is 1. The smallest absolute Gasteiger partial charge is 0.253 e. The van der Waals surface area contributed by atoms with E-state index in [1.165, 1.54) is 0 Å². The zero-order chi connectivity index (χ0) is 13.7. The molecule has 0 saturated carbocycles. The van der Waals surface area contributed by atoms with Gasteiger partial charge < -0.3 is 11.1 Å². The number of nitrogens with zero attached hydrogens (tertiary/aromatic N) is 1. The van der Waals surface area contributed by atoms with Gasteiger partial charge >= 0.3 is 0 Å². The number of hydrogen-bond donors (Lipinski definition) is 2. The van der Waals surface area contributed by atoms with Crippen LogP contribution in [0.15, 0.2) is 29.0 Å². The quantitative estimate of drug-likeness (QED) is 0.816. The molecule has 0 aromatic carbocycles. The number of nitrogens with one attached hydrogen (secondary N) is 1. The Bertz CT molecular complexity index is 561. The summed E-state index contributed by atoms with van der Waals surface area (Å²) in [5.41, 5.74) is 8.75. The monoisotopic (exact) mass is 347 g/mol. The zero-order valence-corrected chi connectivity index (χ0v) is 14.1. The van der Waals surface area contributed by atoms with Crippen molar-refractivity contribution in [3.63, 3.8) is 0 Å². The minimum absolute atomic E-state index is 0. The van der Waals surface area contributed by atoms with Crippen molar-refractivity contribution in [2.45, 2.75) is 13.3 Å². The Labute approximate surface area is 141 Å². The van der Waals surface area contributed by atoms with Crippen LogP contribution in [0.25, 0.3) is 11.3 Å². The summed E-state index contributed by atoms with van der Waals surface area (Å²) in [6, 6.07) is 5.73. The topological polar surface area (TPSA) is 68.0 Å². The Morgan fingerprint density at radius 1 is 1.33 bits per heavy atom. The van der Waals surface area contributed by atoms with E-state index in [2.05, 4.69) is 10.3 Å². The number of rotatable bonds is 5. The van der Waals surface area contributed by atoms with Crippen molar-refractivity contribution in [2.75, 3.05) is 13.1 Å². The van der Waals surface area contributed by atoms with Crippen molar-refractivity contribution in [3.8, 4) is 11.3 Å². The molecule has 0 fully saturated rings. The van der Waals surface area contributed by atoms with Crippen LogP contribution in [-0.2, 0) is 0 Å². The van der Waals surface area contributed by atoms with Gasteiger partial charge in [0.15, 0.2) is 0 Å². The largest absolute Gasteiger partial charge is 0.352 e. The van der Waals surface area contributed by atoms with Gasteiger partial charge in [0.25, 0.3) is 5.91 Å². The van der Waals surface area contributed by atoms with E-state index in [0.29, 0.717) is 18.7 Å². The third-order valence-corrected chi connectivity index (χ3v) is 3.50. The van der Waals surface area contributed by atoms with E-state index < -0.39 is 0 Å². The Morgan fingerprint density at radius 2 is 2.10 bits per heavy atom. The Hall–Kier alpha value is -1.14. The molecule has 0 atom stereocenters. The molecule has 0 spiro atoms. The molecule has 21 heavy (non-hydrogen) atoms. The van der Waals surface area contributed by atoms with Crippen molar-refractivity contribution in [1.29, 1.82) is 0 Å². The number of carbonyl (C=O) groups excluding carboxylic acids is 1.